The zero-order valence-electron chi connectivity index (χ0n) is 12.8. The summed E-state index contributed by atoms with van der Waals surface area (Å²) in [6.45, 7) is 4.54. The van der Waals surface area contributed by atoms with E-state index in [4.69, 9.17) is 4.74 Å². The average molecular weight is 530 g/mol. The number of alkyl halides is 2. The van der Waals surface area contributed by atoms with Crippen LogP contribution in [0.1, 0.15) is 39.5 Å². The van der Waals surface area contributed by atoms with E-state index in [1.165, 1.54) is 19.3 Å². The van der Waals surface area contributed by atoms with Crippen molar-refractivity contribution in [1.29, 1.82) is 0 Å². The fourth-order valence-corrected chi connectivity index (χ4v) is 15.7. The van der Waals surface area contributed by atoms with Crippen molar-refractivity contribution >= 4 is 26.3 Å². The molecule has 2 bridgehead atoms. The molecular formula is C15H22I2N3O2-. The van der Waals surface area contributed by atoms with Gasteiger partial charge in [-0.1, -0.05) is 0 Å². The molecule has 0 radical (unpaired) electrons. The van der Waals surface area contributed by atoms with Crippen molar-refractivity contribution in [3.05, 3.63) is 0 Å². The van der Waals surface area contributed by atoms with Crippen LogP contribution in [-0.4, -0.2) is 18.8 Å². The van der Waals surface area contributed by atoms with E-state index in [9.17, 15) is 4.79 Å². The Morgan fingerprint density at radius 3 is 2.45 bits per heavy atom. The van der Waals surface area contributed by atoms with Crippen LogP contribution in [-0.2, 0) is 9.53 Å². The second-order valence-corrected chi connectivity index (χ2v) is 15.2. The summed E-state index contributed by atoms with van der Waals surface area (Å²) in [4.78, 5) is 13.1. The van der Waals surface area contributed by atoms with Crippen LogP contribution in [0.3, 0.4) is 0 Å². The number of nitrogens with one attached hydrogen (secondary N) is 3. The summed E-state index contributed by atoms with van der Waals surface area (Å²) in [5.74, 6) is 3.80. The van der Waals surface area contributed by atoms with Gasteiger partial charge in [0.05, 0.1) is 0 Å². The predicted molar refractivity (Wildman–Crippen MR) is 85.0 cm³/mol. The maximum absolute atomic E-state index is 13.1. The fraction of sp³-hybridized carbons (Fsp3) is 0.933. The molecule has 6 rings (SSSR count). The zero-order chi connectivity index (χ0) is 14.9. The van der Waals surface area contributed by atoms with Gasteiger partial charge in [0.1, 0.15) is 0 Å². The second kappa shape index (κ2) is 3.96. The zero-order valence-corrected chi connectivity index (χ0v) is 17.1. The van der Waals surface area contributed by atoms with Crippen LogP contribution in [0.5, 0.6) is 0 Å². The minimum absolute atomic E-state index is 0.0378. The Morgan fingerprint density at radius 2 is 2.00 bits per heavy atom. The summed E-state index contributed by atoms with van der Waals surface area (Å²) in [6, 6.07) is 0. The van der Waals surface area contributed by atoms with Crippen LogP contribution in [0.25, 0.3) is 0 Å². The SMILES string of the molecule is CC(C)C1(OC(=O)C2(C34NI3N4)N[I-]2)CC2CC1C1CCC21. The molecule has 6 aliphatic rings. The Morgan fingerprint density at radius 1 is 1.32 bits per heavy atom. The van der Waals surface area contributed by atoms with Gasteiger partial charge in [0.2, 0.25) is 0 Å². The Hall–Kier alpha value is 0.810. The number of fused-ring (bicyclic) bond motifs is 6. The predicted octanol–water partition coefficient (Wildman–Crippen LogP) is -1.51. The molecule has 3 heterocycles. The van der Waals surface area contributed by atoms with Crippen molar-refractivity contribution in [3.63, 3.8) is 0 Å². The monoisotopic (exact) mass is 530 g/mol. The molecule has 3 aliphatic carbocycles. The van der Waals surface area contributed by atoms with Crippen molar-refractivity contribution in [2.24, 2.45) is 29.6 Å². The molecule has 6 fully saturated rings. The summed E-state index contributed by atoms with van der Waals surface area (Å²) in [5.41, 5.74) is -0.163. The summed E-state index contributed by atoms with van der Waals surface area (Å²) in [5, 5.41) is 0. The molecule has 3 saturated carbocycles. The first-order valence-electron chi connectivity index (χ1n) is 8.43. The summed E-state index contributed by atoms with van der Waals surface area (Å²) < 4.78 is 16.7. The van der Waals surface area contributed by atoms with Gasteiger partial charge in [-0.25, -0.2) is 0 Å². The molecule has 0 aromatic carbocycles. The van der Waals surface area contributed by atoms with Gasteiger partial charge in [0.25, 0.3) is 0 Å². The van der Waals surface area contributed by atoms with Crippen LogP contribution in [0.2, 0.25) is 0 Å². The van der Waals surface area contributed by atoms with Crippen LogP contribution >= 0.6 is 20.4 Å². The van der Waals surface area contributed by atoms with Gasteiger partial charge in [0, 0.05) is 0 Å². The van der Waals surface area contributed by atoms with Crippen LogP contribution in [0, 0.1) is 29.6 Å². The van der Waals surface area contributed by atoms with Gasteiger partial charge in [0.15, 0.2) is 0 Å². The summed E-state index contributed by atoms with van der Waals surface area (Å²) in [6.07, 6.45) is 5.25. The van der Waals surface area contributed by atoms with Crippen LogP contribution < -0.4 is 32.1 Å². The molecule has 0 aromatic rings. The summed E-state index contributed by atoms with van der Waals surface area (Å²) in [7, 11) is 0. The number of hydrogen-bond acceptors (Lipinski definition) is 5. The molecule has 22 heavy (non-hydrogen) atoms. The molecule has 5 nitrogen and oxygen atoms in total. The molecule has 0 aromatic heterocycles. The quantitative estimate of drug-likeness (QED) is 0.103. The number of carbonyl (C=O) groups is 1. The first-order valence-corrected chi connectivity index (χ1v) is 13.8. The van der Waals surface area contributed by atoms with Crippen molar-refractivity contribution in [1.82, 2.24) is 10.6 Å². The Labute approximate surface area is 149 Å². The Bertz CT molecular complexity index is 587. The first kappa shape index (κ1) is 14.0. The minimum atomic E-state index is -1.10. The van der Waals surface area contributed by atoms with E-state index in [-0.39, 0.29) is 40.3 Å². The number of rotatable bonds is 4. The number of halogens is 2. The Balaban J connectivity index is 1.30. The second-order valence-electron chi connectivity index (χ2n) is 8.19. The summed E-state index contributed by atoms with van der Waals surface area (Å²) >= 11 is -1.33. The van der Waals surface area contributed by atoms with Crippen molar-refractivity contribution in [2.45, 2.75) is 52.3 Å². The average Bonchev–Trinajstić information content (AvgIpc) is 3.25. The number of carbonyl (C=O) groups excluding carboxylic acids is 1. The van der Waals surface area contributed by atoms with Crippen molar-refractivity contribution < 1.29 is 31.0 Å². The van der Waals surface area contributed by atoms with Gasteiger partial charge in [-0.2, -0.15) is 0 Å². The van der Waals surface area contributed by atoms with E-state index in [1.54, 1.807) is 0 Å². The maximum atomic E-state index is 13.1. The molecule has 7 heteroatoms. The molecule has 3 saturated heterocycles. The third-order valence-electron chi connectivity index (χ3n) is 7.23. The third-order valence-corrected chi connectivity index (χ3v) is 15.7. The number of esters is 1. The molecule has 6 unspecified atom stereocenters. The number of ether oxygens (including phenoxy) is 1. The van der Waals surface area contributed by atoms with Gasteiger partial charge in [-0.05, 0) is 0 Å². The third kappa shape index (κ3) is 1.42. The molecule has 0 spiro atoms. The molecular weight excluding hydrogens is 508 g/mol. The van der Waals surface area contributed by atoms with E-state index in [2.05, 4.69) is 24.4 Å². The van der Waals surface area contributed by atoms with Crippen molar-refractivity contribution in [3.8, 4) is 0 Å². The molecule has 3 aliphatic heterocycles. The Kier molecular flexibility index (Phi) is 2.53. The topological polar surface area (TPSA) is 92.1 Å². The van der Waals surface area contributed by atoms with E-state index in [1.807, 2.05) is 0 Å². The normalized spacial score (nSPS) is 56.6. The van der Waals surface area contributed by atoms with E-state index >= 15 is 0 Å². The van der Waals surface area contributed by atoms with E-state index in [0.717, 1.165) is 24.2 Å². The van der Waals surface area contributed by atoms with Crippen LogP contribution in [0.15, 0.2) is 0 Å². The van der Waals surface area contributed by atoms with Crippen molar-refractivity contribution in [2.75, 3.05) is 0 Å². The molecule has 0 amide bonds. The number of hydrogen-bond donors (Lipinski definition) is 3. The van der Waals surface area contributed by atoms with Gasteiger partial charge >= 0.3 is 150 Å². The standard InChI is InChI=1S/C15H22I2N3O2/c1-7(2)13(6-8-5-11(13)10-4-3-9(8)10)22-12(21)14(16-18-14)15-17(19-15)20-15/h7-11,18-20H,3-6H2,1-2H3/q-1. The van der Waals surface area contributed by atoms with Gasteiger partial charge < -0.3 is 0 Å². The van der Waals surface area contributed by atoms with Gasteiger partial charge in [-0.3, -0.25) is 0 Å². The molecule has 124 valence electrons. The molecule has 6 atom stereocenters. The first-order chi connectivity index (χ1) is 10.5. The van der Waals surface area contributed by atoms with Gasteiger partial charge in [-0.15, -0.1) is 0 Å². The van der Waals surface area contributed by atoms with Crippen LogP contribution in [0.4, 0.5) is 0 Å². The van der Waals surface area contributed by atoms with E-state index in [0.29, 0.717) is 11.8 Å². The fourth-order valence-electron chi connectivity index (χ4n) is 5.69. The molecule has 3 N–H and O–H groups in total. The van der Waals surface area contributed by atoms with E-state index < -0.39 is 20.4 Å².